The lowest BCUT2D eigenvalue weighted by Gasteiger charge is -2.30. The number of primary amides is 1. The molecule has 0 saturated heterocycles. The Morgan fingerprint density at radius 3 is 1.74 bits per heavy atom. The van der Waals surface area contributed by atoms with E-state index >= 15 is 0 Å². The highest BCUT2D eigenvalue weighted by Crippen LogP contribution is 2.21. The summed E-state index contributed by atoms with van der Waals surface area (Å²) in [5.41, 5.74) is 25.9. The van der Waals surface area contributed by atoms with Crippen molar-refractivity contribution in [1.29, 1.82) is 0 Å². The molecule has 0 spiro atoms. The molecule has 1 aromatic heterocycles. The van der Waals surface area contributed by atoms with Crippen molar-refractivity contribution < 1.29 is 63.0 Å². The fourth-order valence-corrected chi connectivity index (χ4v) is 10.1. The predicted molar refractivity (Wildman–Crippen MR) is 345 cm³/mol. The van der Waals surface area contributed by atoms with Crippen molar-refractivity contribution >= 4 is 75.9 Å². The number of aliphatic carboxylic acids is 1. The summed E-state index contributed by atoms with van der Waals surface area (Å²) in [5.74, 6) is -10.3. The molecule has 1 heterocycles. The number of nitrogens with two attached hydrogens (primary N) is 4. The molecule has 0 radical (unpaired) electrons. The van der Waals surface area contributed by atoms with Gasteiger partial charge in [0, 0.05) is 36.0 Å². The van der Waals surface area contributed by atoms with Gasteiger partial charge in [-0.05, 0) is 107 Å². The van der Waals surface area contributed by atoms with E-state index in [9.17, 15) is 63.0 Å². The Bertz CT molecular complexity index is 2800. The molecule has 506 valence electrons. The van der Waals surface area contributed by atoms with Crippen LogP contribution >= 0.6 is 0 Å². The molecule has 0 fully saturated rings. The van der Waals surface area contributed by atoms with Gasteiger partial charge in [0.25, 0.3) is 0 Å². The van der Waals surface area contributed by atoms with E-state index in [1.54, 1.807) is 13.8 Å². The highest BCUT2D eigenvalue weighted by atomic mass is 16.4. The van der Waals surface area contributed by atoms with Gasteiger partial charge in [-0.1, -0.05) is 122 Å². The highest BCUT2D eigenvalue weighted by Gasteiger charge is 2.37. The Kier molecular flexibility index (Phi) is 36.2. The number of aromatic nitrogens is 1. The molecule has 9 atom stereocenters. The Morgan fingerprint density at radius 2 is 1.11 bits per heavy atom. The molecule has 0 aliphatic carbocycles. The average Bonchev–Trinajstić information content (AvgIpc) is 2.00. The number of aromatic hydroxyl groups is 1. The quantitative estimate of drug-likeness (QED) is 0.0357. The second-order valence-electron chi connectivity index (χ2n) is 23.4. The fraction of sp³-hybridized carbons (Fsp3) is 0.609. The van der Waals surface area contributed by atoms with E-state index in [-0.39, 0.29) is 63.3 Å². The first kappa shape index (κ1) is 77.1. The van der Waals surface area contributed by atoms with Crippen LogP contribution in [0.3, 0.4) is 0 Å². The molecule has 91 heavy (non-hydrogen) atoms. The zero-order chi connectivity index (χ0) is 67.3. The zero-order valence-corrected chi connectivity index (χ0v) is 53.5. The van der Waals surface area contributed by atoms with Crippen molar-refractivity contribution in [1.82, 2.24) is 52.8 Å². The summed E-state index contributed by atoms with van der Waals surface area (Å²) in [6.07, 6.45) is 15.4. The molecule has 3 rings (SSSR count). The van der Waals surface area contributed by atoms with E-state index in [1.165, 1.54) is 76.1 Å². The number of carboxylic acids is 1. The topological polar surface area (TPSA) is 456 Å². The van der Waals surface area contributed by atoms with Crippen LogP contribution in [-0.2, 0) is 65.6 Å². The standard InChI is InChI=1S/C64H102N14O13/c1-5-7-8-9-10-11-12-13-14-15-16-26-53(81)73-49(32-29-43-37-69-47-24-18-17-22-45(43)47)58(84)71-38-54(82)70-39-55(83)77-56(40(3)6-2)62(88)78-57(46(67)23-21-34-66)63(89)74-48(25-19-20-33-65)59(85)76-51(36-52(68)80)61(87)75-50(60(86)72-41(4)64(90)91)35-42-27-30-44(79)31-28-42/h17-18,22,24,27-28,30-31,37,40-41,46,48-51,56-57,69,79H,5-16,19-21,23,25-26,29,32-36,38-39,65-67H2,1-4H3,(H2,68,80)(H,70,82)(H,71,84)(H,72,86)(H,73,81)(H,74,89)(H,75,87)(H,76,85)(H,77,83)(H,78,88)(H,90,91)/t40-,41-,46?,48-,49-,50-,51-,56-,57-/m0/s1. The summed E-state index contributed by atoms with van der Waals surface area (Å²) in [4.78, 5) is 151. The van der Waals surface area contributed by atoms with Gasteiger partial charge in [0.1, 0.15) is 48.0 Å². The van der Waals surface area contributed by atoms with E-state index in [0.29, 0.717) is 37.7 Å². The summed E-state index contributed by atoms with van der Waals surface area (Å²) >= 11 is 0. The van der Waals surface area contributed by atoms with Crippen molar-refractivity contribution in [2.45, 2.75) is 217 Å². The number of carbonyl (C=O) groups excluding carboxylic acids is 10. The number of amides is 10. The molecule has 0 aliphatic heterocycles. The van der Waals surface area contributed by atoms with E-state index in [2.05, 4.69) is 59.8 Å². The number of fused-ring (bicyclic) bond motifs is 1. The number of hydrogen-bond acceptors (Lipinski definition) is 15. The number of unbranched alkanes of at least 4 members (excludes halogenated alkanes) is 11. The minimum atomic E-state index is -1.75. The maximum Gasteiger partial charge on any atom is 0.325 e. The average molecular weight is 1280 g/mol. The SMILES string of the molecule is CCCCCCCCCCCCCC(=O)N[C@@H](CCc1c[nH]c2ccccc12)C(=O)NCC(=O)NCC(=O)N[C@H](C(=O)N[C@H](C(=O)N[C@@H](CCCCN)C(=O)N[C@@H](CC(N)=O)C(=O)N[C@@H](Cc1ccc(O)cc1)C(=O)N[C@@H](C)C(=O)O)C(N)CCCN)[C@@H](C)CC. The van der Waals surface area contributed by atoms with Gasteiger partial charge in [0.2, 0.25) is 59.1 Å². The van der Waals surface area contributed by atoms with Crippen LogP contribution in [0, 0.1) is 5.92 Å². The number of carbonyl (C=O) groups is 11. The first-order chi connectivity index (χ1) is 43.5. The van der Waals surface area contributed by atoms with Crippen LogP contribution in [0.15, 0.2) is 54.7 Å². The van der Waals surface area contributed by atoms with Crippen LogP contribution in [0.2, 0.25) is 0 Å². The van der Waals surface area contributed by atoms with Crippen LogP contribution in [-0.4, -0.2) is 155 Å². The Balaban J connectivity index is 1.72. The van der Waals surface area contributed by atoms with Gasteiger partial charge in [-0.25, -0.2) is 0 Å². The summed E-state index contributed by atoms with van der Waals surface area (Å²) < 4.78 is 0. The van der Waals surface area contributed by atoms with Crippen LogP contribution in [0.5, 0.6) is 5.75 Å². The Morgan fingerprint density at radius 1 is 0.538 bits per heavy atom. The van der Waals surface area contributed by atoms with Gasteiger partial charge in [0.15, 0.2) is 0 Å². The number of nitrogens with one attached hydrogen (secondary N) is 10. The van der Waals surface area contributed by atoms with E-state index in [4.69, 9.17) is 22.9 Å². The van der Waals surface area contributed by atoms with Crippen molar-refractivity contribution in [2.24, 2.45) is 28.9 Å². The number of aromatic amines is 1. The monoisotopic (exact) mass is 1270 g/mol. The van der Waals surface area contributed by atoms with Crippen molar-refractivity contribution in [3.63, 3.8) is 0 Å². The number of aryl methyl sites for hydroxylation is 1. The number of hydrogen-bond donors (Lipinski definition) is 16. The Hall–Kier alpha value is -8.17. The lowest BCUT2D eigenvalue weighted by atomic mass is 9.96. The number of rotatable bonds is 47. The first-order valence-corrected chi connectivity index (χ1v) is 32.2. The Labute approximate surface area is 533 Å². The minimum absolute atomic E-state index is 0.0826. The normalized spacial score (nSPS) is 14.1. The molecule has 1 unspecified atom stereocenters. The van der Waals surface area contributed by atoms with E-state index in [1.807, 2.05) is 30.5 Å². The molecular formula is C64H102N14O13. The summed E-state index contributed by atoms with van der Waals surface area (Å²) in [6, 6.07) is 2.26. The first-order valence-electron chi connectivity index (χ1n) is 32.2. The third-order valence-corrected chi connectivity index (χ3v) is 15.8. The van der Waals surface area contributed by atoms with E-state index < -0.39 is 133 Å². The number of phenols is 1. The second-order valence-corrected chi connectivity index (χ2v) is 23.4. The molecule has 0 saturated carbocycles. The predicted octanol–water partition coefficient (Wildman–Crippen LogP) is 1.60. The lowest BCUT2D eigenvalue weighted by molar-refractivity contribution is -0.142. The minimum Gasteiger partial charge on any atom is -0.508 e. The summed E-state index contributed by atoms with van der Waals surface area (Å²) in [5, 5.41) is 43.2. The highest BCUT2D eigenvalue weighted by molar-refractivity contribution is 5.99. The maximum absolute atomic E-state index is 14.4. The summed E-state index contributed by atoms with van der Waals surface area (Å²) in [7, 11) is 0. The second kappa shape index (κ2) is 42.8. The van der Waals surface area contributed by atoms with Crippen LogP contribution < -0.4 is 70.8 Å². The third kappa shape index (κ3) is 29.6. The van der Waals surface area contributed by atoms with Crippen molar-refractivity contribution in [2.75, 3.05) is 26.2 Å². The molecule has 3 aromatic rings. The molecular weight excluding hydrogens is 1170 g/mol. The largest absolute Gasteiger partial charge is 0.508 e. The number of benzene rings is 2. The molecule has 27 nitrogen and oxygen atoms in total. The van der Waals surface area contributed by atoms with Gasteiger partial charge < -0.3 is 86.0 Å². The van der Waals surface area contributed by atoms with Crippen LogP contribution in [0.1, 0.15) is 167 Å². The molecule has 0 bridgehead atoms. The zero-order valence-electron chi connectivity index (χ0n) is 53.5. The lowest BCUT2D eigenvalue weighted by Crippen LogP contribution is -2.63. The van der Waals surface area contributed by atoms with E-state index in [0.717, 1.165) is 35.7 Å². The summed E-state index contributed by atoms with van der Waals surface area (Å²) in [6.45, 7) is 6.01. The van der Waals surface area contributed by atoms with Gasteiger partial charge in [-0.3, -0.25) is 52.7 Å². The molecule has 0 aliphatic rings. The number of phenolic OH excluding ortho intramolecular Hbond substituents is 1. The van der Waals surface area contributed by atoms with Gasteiger partial charge >= 0.3 is 5.97 Å². The number of para-hydroxylation sites is 1. The smallest absolute Gasteiger partial charge is 0.325 e. The maximum atomic E-state index is 14.4. The molecule has 10 amide bonds. The van der Waals surface area contributed by atoms with Gasteiger partial charge in [-0.15, -0.1) is 0 Å². The van der Waals surface area contributed by atoms with Crippen LogP contribution in [0.25, 0.3) is 10.9 Å². The van der Waals surface area contributed by atoms with Gasteiger partial charge in [-0.2, -0.15) is 0 Å². The van der Waals surface area contributed by atoms with Crippen molar-refractivity contribution in [3.05, 3.63) is 65.9 Å². The molecule has 20 N–H and O–H groups in total. The third-order valence-electron chi connectivity index (χ3n) is 15.8. The molecule has 27 heteroatoms. The van der Waals surface area contributed by atoms with Crippen molar-refractivity contribution in [3.8, 4) is 5.75 Å². The number of carboxylic acid groups (broad SMARTS) is 1. The van der Waals surface area contributed by atoms with Crippen LogP contribution in [0.4, 0.5) is 0 Å². The fourth-order valence-electron chi connectivity index (χ4n) is 10.1. The number of H-pyrrole nitrogens is 1. The van der Waals surface area contributed by atoms with Gasteiger partial charge in [0.05, 0.1) is 19.5 Å². The molecule has 2 aromatic carbocycles.